The lowest BCUT2D eigenvalue weighted by Gasteiger charge is -2.34. The van der Waals surface area contributed by atoms with Crippen LogP contribution in [0.2, 0.25) is 0 Å². The van der Waals surface area contributed by atoms with Crippen molar-refractivity contribution in [3.8, 4) is 5.69 Å². The third-order valence-electron chi connectivity index (χ3n) is 5.13. The molecule has 0 radical (unpaired) electrons. The molecule has 6 nitrogen and oxygen atoms in total. The van der Waals surface area contributed by atoms with Gasteiger partial charge in [-0.3, -0.25) is 14.3 Å². The van der Waals surface area contributed by atoms with Gasteiger partial charge in [0.05, 0.1) is 10.7 Å². The zero-order chi connectivity index (χ0) is 20.2. The maximum Gasteiger partial charge on any atom is 0.253 e. The minimum Gasteiger partial charge on any atom is -0.336 e. The molecule has 1 aliphatic rings. The van der Waals surface area contributed by atoms with Crippen LogP contribution in [0, 0.1) is 0 Å². The summed E-state index contributed by atoms with van der Waals surface area (Å²) in [4.78, 5) is 26.2. The maximum atomic E-state index is 12.9. The number of carbonyl (C=O) groups excluding carboxylic acids is 1. The number of hydrogen-bond acceptors (Lipinski definition) is 6. The van der Waals surface area contributed by atoms with Crippen molar-refractivity contribution in [1.29, 1.82) is 0 Å². The molecule has 1 amide bonds. The average Bonchev–Trinajstić information content (AvgIpc) is 3.43. The largest absolute Gasteiger partial charge is 0.336 e. The normalized spacial score (nSPS) is 15.0. The average molecular weight is 428 g/mol. The fourth-order valence-corrected chi connectivity index (χ4v) is 4.77. The zero-order valence-corrected chi connectivity index (χ0v) is 18.4. The first-order valence-corrected chi connectivity index (χ1v) is 11.9. The summed E-state index contributed by atoms with van der Waals surface area (Å²) < 4.78 is 2.03. The van der Waals surface area contributed by atoms with Gasteiger partial charge in [0.25, 0.3) is 5.91 Å². The molecule has 29 heavy (non-hydrogen) atoms. The first kappa shape index (κ1) is 20.1. The summed E-state index contributed by atoms with van der Waals surface area (Å²) in [6, 6.07) is 7.79. The molecule has 1 saturated heterocycles. The van der Waals surface area contributed by atoms with Gasteiger partial charge in [-0.15, -0.1) is 11.3 Å². The number of thioether (sulfide) groups is 1. The van der Waals surface area contributed by atoms with E-state index in [1.165, 1.54) is 5.01 Å². The van der Waals surface area contributed by atoms with Gasteiger partial charge in [-0.2, -0.15) is 0 Å². The maximum absolute atomic E-state index is 12.9. The van der Waals surface area contributed by atoms with Crippen LogP contribution in [0.3, 0.4) is 0 Å². The minimum absolute atomic E-state index is 0.105. The Bertz CT molecular complexity index is 958. The number of imidazole rings is 1. The van der Waals surface area contributed by atoms with Gasteiger partial charge in [0.1, 0.15) is 0 Å². The lowest BCUT2D eigenvalue weighted by atomic mass is 10.1. The quantitative estimate of drug-likeness (QED) is 0.563. The predicted molar refractivity (Wildman–Crippen MR) is 118 cm³/mol. The van der Waals surface area contributed by atoms with E-state index in [9.17, 15) is 4.79 Å². The van der Waals surface area contributed by atoms with Crippen LogP contribution in [0.25, 0.3) is 5.69 Å². The van der Waals surface area contributed by atoms with Crippen molar-refractivity contribution in [3.63, 3.8) is 0 Å². The monoisotopic (exact) mass is 427 g/mol. The summed E-state index contributed by atoms with van der Waals surface area (Å²) in [5.41, 5.74) is 2.90. The van der Waals surface area contributed by atoms with Crippen LogP contribution >= 0.6 is 23.1 Å². The highest BCUT2D eigenvalue weighted by atomic mass is 32.2. The van der Waals surface area contributed by atoms with E-state index >= 15 is 0 Å². The van der Waals surface area contributed by atoms with Gasteiger partial charge in [0, 0.05) is 61.7 Å². The van der Waals surface area contributed by atoms with Crippen molar-refractivity contribution >= 4 is 29.0 Å². The smallest absolute Gasteiger partial charge is 0.253 e. The molecule has 3 aromatic rings. The number of piperazine rings is 1. The highest BCUT2D eigenvalue weighted by Crippen LogP contribution is 2.19. The third-order valence-corrected chi connectivity index (χ3v) is 6.84. The van der Waals surface area contributed by atoms with Crippen LogP contribution in [0.1, 0.15) is 28.0 Å². The van der Waals surface area contributed by atoms with Crippen molar-refractivity contribution in [2.24, 2.45) is 0 Å². The van der Waals surface area contributed by atoms with Gasteiger partial charge in [0.15, 0.2) is 5.16 Å². The minimum atomic E-state index is 0.105. The second-order valence-corrected chi connectivity index (χ2v) is 8.70. The Labute approximate surface area is 179 Å². The highest BCUT2D eigenvalue weighted by Gasteiger charge is 2.22. The SMILES string of the molecule is CCc1nc(CN2CCN(C(=O)c3ccc(-n4ccnc4SC)cc3)CC2)cs1. The molecule has 152 valence electrons. The van der Waals surface area contributed by atoms with Crippen molar-refractivity contribution in [2.45, 2.75) is 25.0 Å². The molecule has 1 fully saturated rings. The Kier molecular flexibility index (Phi) is 6.32. The number of thiazole rings is 1. The summed E-state index contributed by atoms with van der Waals surface area (Å²) >= 11 is 3.34. The number of aryl methyl sites for hydroxylation is 1. The molecular weight excluding hydrogens is 402 g/mol. The van der Waals surface area contributed by atoms with Crippen LogP contribution in [-0.4, -0.2) is 62.7 Å². The lowest BCUT2D eigenvalue weighted by molar-refractivity contribution is 0.0627. The summed E-state index contributed by atoms with van der Waals surface area (Å²) in [5, 5.41) is 4.28. The van der Waals surface area contributed by atoms with Gasteiger partial charge in [-0.05, 0) is 36.9 Å². The molecule has 0 atom stereocenters. The highest BCUT2D eigenvalue weighted by molar-refractivity contribution is 7.98. The van der Waals surface area contributed by atoms with E-state index in [4.69, 9.17) is 0 Å². The van der Waals surface area contributed by atoms with E-state index in [0.29, 0.717) is 0 Å². The molecular formula is C21H25N5OS2. The molecule has 1 aromatic carbocycles. The Morgan fingerprint density at radius 2 is 1.93 bits per heavy atom. The van der Waals surface area contributed by atoms with Gasteiger partial charge in [0.2, 0.25) is 0 Å². The van der Waals surface area contributed by atoms with Crippen molar-refractivity contribution in [1.82, 2.24) is 24.3 Å². The number of amides is 1. The Morgan fingerprint density at radius 3 is 2.59 bits per heavy atom. The second-order valence-electron chi connectivity index (χ2n) is 6.99. The molecule has 4 rings (SSSR count). The number of aromatic nitrogens is 3. The van der Waals surface area contributed by atoms with E-state index in [-0.39, 0.29) is 5.91 Å². The lowest BCUT2D eigenvalue weighted by Crippen LogP contribution is -2.48. The predicted octanol–water partition coefficient (Wildman–Crippen LogP) is 3.57. The molecule has 3 heterocycles. The molecule has 2 aromatic heterocycles. The Hall–Kier alpha value is -2.16. The molecule has 8 heteroatoms. The Morgan fingerprint density at radius 1 is 1.17 bits per heavy atom. The van der Waals surface area contributed by atoms with Gasteiger partial charge in [-0.25, -0.2) is 9.97 Å². The van der Waals surface area contributed by atoms with Gasteiger partial charge < -0.3 is 4.90 Å². The molecule has 0 bridgehead atoms. The van der Waals surface area contributed by atoms with E-state index in [0.717, 1.165) is 61.2 Å². The van der Waals surface area contributed by atoms with Gasteiger partial charge in [-0.1, -0.05) is 18.7 Å². The van der Waals surface area contributed by atoms with E-state index < -0.39 is 0 Å². The summed E-state index contributed by atoms with van der Waals surface area (Å²) in [6.07, 6.45) is 6.73. The summed E-state index contributed by atoms with van der Waals surface area (Å²) in [6.45, 7) is 6.28. The van der Waals surface area contributed by atoms with E-state index in [1.807, 2.05) is 46.2 Å². The fourth-order valence-electron chi connectivity index (χ4n) is 3.51. The second kappa shape index (κ2) is 9.11. The van der Waals surface area contributed by atoms with Crippen LogP contribution in [0.15, 0.2) is 47.2 Å². The number of carbonyl (C=O) groups is 1. The topological polar surface area (TPSA) is 54.3 Å². The molecule has 0 N–H and O–H groups in total. The van der Waals surface area contributed by atoms with Gasteiger partial charge >= 0.3 is 0 Å². The summed E-state index contributed by atoms with van der Waals surface area (Å²) in [5.74, 6) is 0.105. The summed E-state index contributed by atoms with van der Waals surface area (Å²) in [7, 11) is 0. The third kappa shape index (κ3) is 4.55. The fraction of sp³-hybridized carbons (Fsp3) is 0.381. The van der Waals surface area contributed by atoms with Crippen LogP contribution < -0.4 is 0 Å². The molecule has 1 aliphatic heterocycles. The molecule has 0 aliphatic carbocycles. The molecule has 0 saturated carbocycles. The van der Waals surface area contributed by atoms with Crippen LogP contribution in [0.5, 0.6) is 0 Å². The number of benzene rings is 1. The number of hydrogen-bond donors (Lipinski definition) is 0. The van der Waals surface area contributed by atoms with E-state index in [1.54, 1.807) is 29.3 Å². The number of rotatable bonds is 6. The van der Waals surface area contributed by atoms with Crippen LogP contribution in [0.4, 0.5) is 0 Å². The van der Waals surface area contributed by atoms with E-state index in [2.05, 4.69) is 27.2 Å². The zero-order valence-electron chi connectivity index (χ0n) is 16.7. The molecule has 0 spiro atoms. The molecule has 0 unspecified atom stereocenters. The number of nitrogens with zero attached hydrogens (tertiary/aromatic N) is 5. The first-order valence-electron chi connectivity index (χ1n) is 9.80. The van der Waals surface area contributed by atoms with Crippen molar-refractivity contribution in [3.05, 3.63) is 58.3 Å². The van der Waals surface area contributed by atoms with Crippen molar-refractivity contribution in [2.75, 3.05) is 32.4 Å². The standard InChI is InChI=1S/C21H25N5OS2/c1-3-19-23-17(15-29-19)14-24-10-12-25(13-11-24)20(27)16-4-6-18(7-5-16)26-9-8-22-21(26)28-2/h4-9,15H,3,10-14H2,1-2H3. The first-order chi connectivity index (χ1) is 14.2. The van der Waals surface area contributed by atoms with Crippen LogP contribution in [-0.2, 0) is 13.0 Å². The van der Waals surface area contributed by atoms with Crippen molar-refractivity contribution < 1.29 is 4.79 Å². The Balaban J connectivity index is 1.34.